The van der Waals surface area contributed by atoms with Gasteiger partial charge in [-0.05, 0) is 36.4 Å². The van der Waals surface area contributed by atoms with Crippen LogP contribution in [0.5, 0.6) is 0 Å². The number of nitrogens with zero attached hydrogens (tertiary/aromatic N) is 7. The van der Waals surface area contributed by atoms with Crippen molar-refractivity contribution in [3.05, 3.63) is 66.0 Å². The lowest BCUT2D eigenvalue weighted by Gasteiger charge is -2.36. The molecule has 2 saturated heterocycles. The Kier molecular flexibility index (Phi) is 6.69. The van der Waals surface area contributed by atoms with E-state index in [0.29, 0.717) is 86.4 Å². The molecule has 0 radical (unpaired) electrons. The number of fused-ring (bicyclic) bond motifs is 1. The number of hydrogen-bond acceptors (Lipinski definition) is 8. The average Bonchev–Trinajstić information content (AvgIpc) is 3.38. The van der Waals surface area contributed by atoms with E-state index >= 15 is 0 Å². The van der Waals surface area contributed by atoms with Crippen molar-refractivity contribution in [1.82, 2.24) is 24.4 Å². The number of anilines is 3. The van der Waals surface area contributed by atoms with Gasteiger partial charge in [-0.2, -0.15) is 9.97 Å². The number of nitrogen functional groups attached to an aromatic ring is 1. The van der Waals surface area contributed by atoms with Crippen LogP contribution in [0.4, 0.5) is 26.1 Å². The molecule has 2 aromatic heterocycles. The lowest BCUT2D eigenvalue weighted by Crippen LogP contribution is -2.49. The van der Waals surface area contributed by atoms with Crippen LogP contribution in [-0.4, -0.2) is 82.8 Å². The highest BCUT2D eigenvalue weighted by atomic mass is 19.3. The van der Waals surface area contributed by atoms with Gasteiger partial charge in [-0.1, -0.05) is 12.1 Å². The predicted molar refractivity (Wildman–Crippen MR) is 144 cm³/mol. The fourth-order valence-electron chi connectivity index (χ4n) is 4.97. The molecular weight excluding hydrogens is 506 g/mol. The van der Waals surface area contributed by atoms with Gasteiger partial charge in [0.25, 0.3) is 12.3 Å². The number of nitrogens with two attached hydrogens (primary N) is 1. The Bertz CT molecular complexity index is 1480. The summed E-state index contributed by atoms with van der Waals surface area (Å²) >= 11 is 0. The Morgan fingerprint density at radius 2 is 1.49 bits per heavy atom. The van der Waals surface area contributed by atoms with E-state index in [1.807, 2.05) is 6.07 Å². The predicted octanol–water partition coefficient (Wildman–Crippen LogP) is 3.13. The van der Waals surface area contributed by atoms with Crippen LogP contribution in [0, 0.1) is 0 Å². The summed E-state index contributed by atoms with van der Waals surface area (Å²) in [6, 6.07) is 15.7. The SMILES string of the molecule is Nc1ccc(C(=O)N2CCN(c3cc(N4CCOCC4)nc(-n4c(C(F)F)nc5ccccc54)n3)CC2)cc1. The Balaban J connectivity index is 1.33. The Morgan fingerprint density at radius 3 is 2.15 bits per heavy atom. The van der Waals surface area contributed by atoms with Crippen LogP contribution in [0.25, 0.3) is 17.0 Å². The maximum absolute atomic E-state index is 14.1. The lowest BCUT2D eigenvalue weighted by molar-refractivity contribution is 0.0746. The highest BCUT2D eigenvalue weighted by molar-refractivity contribution is 5.94. The topological polar surface area (TPSA) is 106 Å². The third-order valence-electron chi connectivity index (χ3n) is 7.05. The molecule has 12 heteroatoms. The van der Waals surface area contributed by atoms with Gasteiger partial charge in [-0.3, -0.25) is 9.36 Å². The first-order chi connectivity index (χ1) is 19.0. The number of alkyl halides is 2. The number of halogens is 2. The molecule has 6 rings (SSSR count). The maximum atomic E-state index is 14.1. The van der Waals surface area contributed by atoms with E-state index in [2.05, 4.69) is 14.8 Å². The van der Waals surface area contributed by atoms with Gasteiger partial charge in [0.05, 0.1) is 24.2 Å². The second-order valence-electron chi connectivity index (χ2n) is 9.48. The first-order valence-corrected chi connectivity index (χ1v) is 12.9. The molecule has 0 spiro atoms. The smallest absolute Gasteiger partial charge is 0.296 e. The third kappa shape index (κ3) is 4.94. The van der Waals surface area contributed by atoms with Crippen molar-refractivity contribution in [3.63, 3.8) is 0 Å². The molecule has 0 aliphatic carbocycles. The highest BCUT2D eigenvalue weighted by Crippen LogP contribution is 2.29. The minimum atomic E-state index is -2.81. The number of aromatic nitrogens is 4. The highest BCUT2D eigenvalue weighted by Gasteiger charge is 2.27. The molecule has 10 nitrogen and oxygen atoms in total. The normalized spacial score (nSPS) is 16.3. The number of rotatable bonds is 5. The van der Waals surface area contributed by atoms with Crippen LogP contribution in [0.15, 0.2) is 54.6 Å². The van der Waals surface area contributed by atoms with Gasteiger partial charge in [-0.15, -0.1) is 0 Å². The zero-order valence-electron chi connectivity index (χ0n) is 21.2. The number of piperazine rings is 1. The van der Waals surface area contributed by atoms with Gasteiger partial charge < -0.3 is 25.2 Å². The summed E-state index contributed by atoms with van der Waals surface area (Å²) in [5, 5.41) is 0. The Labute approximate surface area is 223 Å². The number of para-hydroxylation sites is 2. The molecule has 0 bridgehead atoms. The van der Waals surface area contributed by atoms with Crippen LogP contribution in [0.2, 0.25) is 0 Å². The third-order valence-corrected chi connectivity index (χ3v) is 7.05. The van der Waals surface area contributed by atoms with Crippen molar-refractivity contribution in [2.24, 2.45) is 0 Å². The number of carbonyl (C=O) groups excluding carboxylic acids is 1. The Hall–Kier alpha value is -4.32. The van der Waals surface area contributed by atoms with E-state index in [-0.39, 0.29) is 11.9 Å². The van der Waals surface area contributed by atoms with Crippen molar-refractivity contribution in [1.29, 1.82) is 0 Å². The molecule has 39 heavy (non-hydrogen) atoms. The van der Waals surface area contributed by atoms with E-state index in [1.54, 1.807) is 53.4 Å². The first-order valence-electron chi connectivity index (χ1n) is 12.9. The maximum Gasteiger partial charge on any atom is 0.296 e. The minimum Gasteiger partial charge on any atom is -0.399 e. The second kappa shape index (κ2) is 10.4. The molecule has 4 aromatic rings. The van der Waals surface area contributed by atoms with E-state index in [4.69, 9.17) is 20.4 Å². The largest absolute Gasteiger partial charge is 0.399 e. The number of hydrogen-bond donors (Lipinski definition) is 1. The van der Waals surface area contributed by atoms with Crippen molar-refractivity contribution >= 4 is 34.3 Å². The van der Waals surface area contributed by atoms with Crippen LogP contribution < -0.4 is 15.5 Å². The molecule has 1 amide bonds. The summed E-state index contributed by atoms with van der Waals surface area (Å²) in [7, 11) is 0. The summed E-state index contributed by atoms with van der Waals surface area (Å²) in [6.45, 7) is 4.42. The second-order valence-corrected chi connectivity index (χ2v) is 9.48. The van der Waals surface area contributed by atoms with Gasteiger partial charge in [0, 0.05) is 56.6 Å². The molecule has 2 N–H and O–H groups in total. The summed E-state index contributed by atoms with van der Waals surface area (Å²) in [4.78, 5) is 32.6. The molecule has 202 valence electrons. The van der Waals surface area contributed by atoms with Gasteiger partial charge >= 0.3 is 0 Å². The van der Waals surface area contributed by atoms with Crippen molar-refractivity contribution in [2.75, 3.05) is 68.0 Å². The monoisotopic (exact) mass is 534 g/mol. The molecule has 2 aliphatic heterocycles. The number of imidazole rings is 1. The molecule has 0 saturated carbocycles. The molecule has 0 unspecified atom stereocenters. The van der Waals surface area contributed by atoms with E-state index in [9.17, 15) is 13.6 Å². The molecular formula is C27H28F2N8O2. The van der Waals surface area contributed by atoms with E-state index < -0.39 is 12.2 Å². The van der Waals surface area contributed by atoms with E-state index in [1.165, 1.54) is 4.57 Å². The van der Waals surface area contributed by atoms with Crippen LogP contribution >= 0.6 is 0 Å². The number of carbonyl (C=O) groups is 1. The first kappa shape index (κ1) is 25.0. The minimum absolute atomic E-state index is 0.0570. The number of ether oxygens (including phenoxy) is 1. The quantitative estimate of drug-likeness (QED) is 0.390. The van der Waals surface area contributed by atoms with Crippen LogP contribution in [0.3, 0.4) is 0 Å². The van der Waals surface area contributed by atoms with E-state index in [0.717, 1.165) is 0 Å². The van der Waals surface area contributed by atoms with Gasteiger partial charge in [0.1, 0.15) is 11.6 Å². The summed E-state index contributed by atoms with van der Waals surface area (Å²) in [6.07, 6.45) is -2.81. The van der Waals surface area contributed by atoms with Gasteiger partial charge in [-0.25, -0.2) is 13.8 Å². The molecule has 2 fully saturated rings. The average molecular weight is 535 g/mol. The fraction of sp³-hybridized carbons (Fsp3) is 0.333. The van der Waals surface area contributed by atoms with Crippen molar-refractivity contribution < 1.29 is 18.3 Å². The van der Waals surface area contributed by atoms with Crippen molar-refractivity contribution in [2.45, 2.75) is 6.43 Å². The Morgan fingerprint density at radius 1 is 0.846 bits per heavy atom. The fourth-order valence-corrected chi connectivity index (χ4v) is 4.97. The zero-order chi connectivity index (χ0) is 26.9. The van der Waals surface area contributed by atoms with Gasteiger partial charge in [0.15, 0.2) is 5.82 Å². The van der Waals surface area contributed by atoms with Gasteiger partial charge in [0.2, 0.25) is 5.95 Å². The molecule has 0 atom stereocenters. The summed E-state index contributed by atoms with van der Waals surface area (Å²) < 4.78 is 35.1. The standard InChI is InChI=1S/C27H28F2N8O2/c28-24(29)25-31-20-3-1-2-4-21(20)37(25)27-32-22(17-23(33-27)35-13-15-39-16-14-35)34-9-11-36(12-10-34)26(38)18-5-7-19(30)8-6-18/h1-8,17,24H,9-16,30H2. The molecule has 2 aromatic carbocycles. The number of amides is 1. The molecule has 4 heterocycles. The number of benzene rings is 2. The molecule has 2 aliphatic rings. The zero-order valence-corrected chi connectivity index (χ0v) is 21.2. The summed E-state index contributed by atoms with van der Waals surface area (Å²) in [5.41, 5.74) is 7.91. The van der Waals surface area contributed by atoms with Crippen LogP contribution in [-0.2, 0) is 4.74 Å². The lowest BCUT2D eigenvalue weighted by atomic mass is 10.1. The summed E-state index contributed by atoms with van der Waals surface area (Å²) in [5.74, 6) is 0.924. The van der Waals surface area contributed by atoms with Crippen molar-refractivity contribution in [3.8, 4) is 5.95 Å². The van der Waals surface area contributed by atoms with Crippen LogP contribution in [0.1, 0.15) is 22.6 Å². The number of morpholine rings is 1.